The molecule has 3 aromatic heterocycles. The van der Waals surface area contributed by atoms with Crippen molar-refractivity contribution in [2.24, 2.45) is 0 Å². The van der Waals surface area contributed by atoms with E-state index in [-0.39, 0.29) is 17.9 Å². The third-order valence-electron chi connectivity index (χ3n) is 4.41. The van der Waals surface area contributed by atoms with Gasteiger partial charge in [0, 0.05) is 38.4 Å². The maximum Gasteiger partial charge on any atom is 0.276 e. The topological polar surface area (TPSA) is 68.8 Å². The molecule has 0 unspecified atom stereocenters. The summed E-state index contributed by atoms with van der Waals surface area (Å²) in [6.45, 7) is 2.71. The first kappa shape index (κ1) is 14.9. The third-order valence-corrected chi connectivity index (χ3v) is 4.41. The lowest BCUT2D eigenvalue weighted by Gasteiger charge is -2.27. The first-order chi connectivity index (χ1) is 11.8. The molecule has 0 aliphatic carbocycles. The van der Waals surface area contributed by atoms with Crippen LogP contribution in [0.4, 0.5) is 0 Å². The number of fused-ring (bicyclic) bond motifs is 3. The van der Waals surface area contributed by atoms with Crippen LogP contribution < -0.4 is 5.56 Å². The number of nitrogens with zero attached hydrogens (tertiary/aromatic N) is 4. The second-order valence-corrected chi connectivity index (χ2v) is 5.81. The molecule has 7 heteroatoms. The summed E-state index contributed by atoms with van der Waals surface area (Å²) in [5, 5.41) is 0. The van der Waals surface area contributed by atoms with Gasteiger partial charge in [-0.2, -0.15) is 0 Å². The molecule has 4 rings (SSSR count). The summed E-state index contributed by atoms with van der Waals surface area (Å²) in [5.41, 5.74) is 1.92. The highest BCUT2D eigenvalue weighted by Crippen LogP contribution is 2.13. The molecule has 1 amide bonds. The van der Waals surface area contributed by atoms with Gasteiger partial charge in [0.15, 0.2) is 5.65 Å². The van der Waals surface area contributed by atoms with Crippen molar-refractivity contribution in [2.75, 3.05) is 26.3 Å². The molecule has 0 spiro atoms. The number of hydrogen-bond donors (Lipinski definition) is 0. The first-order valence-electron chi connectivity index (χ1n) is 8.06. The second kappa shape index (κ2) is 6.09. The molecule has 0 N–H and O–H groups in total. The normalized spacial score (nSPS) is 15.2. The summed E-state index contributed by atoms with van der Waals surface area (Å²) in [6, 6.07) is 7.39. The van der Waals surface area contributed by atoms with Crippen molar-refractivity contribution < 1.29 is 9.53 Å². The van der Waals surface area contributed by atoms with E-state index in [1.54, 1.807) is 21.7 Å². The van der Waals surface area contributed by atoms with E-state index in [9.17, 15) is 9.59 Å². The van der Waals surface area contributed by atoms with Crippen molar-refractivity contribution in [1.82, 2.24) is 18.9 Å². The number of pyridine rings is 1. The van der Waals surface area contributed by atoms with Crippen molar-refractivity contribution in [3.8, 4) is 0 Å². The molecule has 1 fully saturated rings. The van der Waals surface area contributed by atoms with Crippen LogP contribution in [-0.2, 0) is 16.1 Å². The predicted molar refractivity (Wildman–Crippen MR) is 89.0 cm³/mol. The number of amides is 1. The van der Waals surface area contributed by atoms with Gasteiger partial charge in [-0.15, -0.1) is 0 Å². The van der Waals surface area contributed by atoms with Crippen LogP contribution in [0.1, 0.15) is 6.42 Å². The quantitative estimate of drug-likeness (QED) is 0.717. The highest BCUT2D eigenvalue weighted by Gasteiger charge is 2.18. The summed E-state index contributed by atoms with van der Waals surface area (Å²) in [7, 11) is 0. The molecule has 24 heavy (non-hydrogen) atoms. The molecule has 0 atom stereocenters. The summed E-state index contributed by atoms with van der Waals surface area (Å²) in [4.78, 5) is 31.3. The molecule has 1 aliphatic rings. The standard InChI is InChI=1S/C17H18N4O3/c22-15(19-9-11-24-12-10-19)5-8-21-16-13(3-1-6-18-16)20-7-2-4-14(20)17(21)23/h1-4,6-7H,5,8-12H2. The Hall–Kier alpha value is -2.67. The zero-order chi connectivity index (χ0) is 16.5. The van der Waals surface area contributed by atoms with Gasteiger partial charge in [0.05, 0.1) is 18.7 Å². The van der Waals surface area contributed by atoms with Crippen LogP contribution in [-0.4, -0.2) is 51.1 Å². The lowest BCUT2D eigenvalue weighted by Crippen LogP contribution is -2.41. The van der Waals surface area contributed by atoms with Crippen LogP contribution in [0, 0.1) is 0 Å². The lowest BCUT2D eigenvalue weighted by molar-refractivity contribution is -0.135. The largest absolute Gasteiger partial charge is 0.378 e. The summed E-state index contributed by atoms with van der Waals surface area (Å²) in [5.74, 6) is 0.0459. The molecule has 0 radical (unpaired) electrons. The predicted octanol–water partition coefficient (Wildman–Crippen LogP) is 0.898. The lowest BCUT2D eigenvalue weighted by atomic mass is 10.3. The third kappa shape index (κ3) is 2.46. The molecular weight excluding hydrogens is 308 g/mol. The van der Waals surface area contributed by atoms with Gasteiger partial charge >= 0.3 is 0 Å². The Morgan fingerprint density at radius 1 is 1.17 bits per heavy atom. The first-order valence-corrected chi connectivity index (χ1v) is 8.06. The highest BCUT2D eigenvalue weighted by atomic mass is 16.5. The summed E-state index contributed by atoms with van der Waals surface area (Å²) in [6.07, 6.45) is 3.80. The number of aromatic nitrogens is 3. The summed E-state index contributed by atoms with van der Waals surface area (Å²) < 4.78 is 8.71. The summed E-state index contributed by atoms with van der Waals surface area (Å²) >= 11 is 0. The smallest absolute Gasteiger partial charge is 0.276 e. The maximum atomic E-state index is 12.7. The van der Waals surface area contributed by atoms with E-state index < -0.39 is 0 Å². The van der Waals surface area contributed by atoms with E-state index >= 15 is 0 Å². The molecule has 0 aromatic carbocycles. The Balaban J connectivity index is 1.68. The van der Waals surface area contributed by atoms with Crippen molar-refractivity contribution in [2.45, 2.75) is 13.0 Å². The van der Waals surface area contributed by atoms with Crippen LogP contribution in [0.2, 0.25) is 0 Å². The van der Waals surface area contributed by atoms with Gasteiger partial charge in [0.1, 0.15) is 5.52 Å². The number of ether oxygens (including phenoxy) is 1. The van der Waals surface area contributed by atoms with E-state index in [1.807, 2.05) is 28.8 Å². The number of hydrogen-bond acceptors (Lipinski definition) is 4. The molecule has 124 valence electrons. The number of morpholine rings is 1. The Morgan fingerprint density at radius 3 is 2.79 bits per heavy atom. The number of carbonyl (C=O) groups excluding carboxylic acids is 1. The minimum Gasteiger partial charge on any atom is -0.378 e. The molecule has 3 aromatic rings. The van der Waals surface area contributed by atoms with Gasteiger partial charge in [0.2, 0.25) is 5.91 Å². The van der Waals surface area contributed by atoms with E-state index in [4.69, 9.17) is 4.74 Å². The average molecular weight is 326 g/mol. The van der Waals surface area contributed by atoms with E-state index in [1.165, 1.54) is 0 Å². The van der Waals surface area contributed by atoms with Crippen LogP contribution >= 0.6 is 0 Å². The SMILES string of the molecule is O=C(CCn1c(=O)c2cccn2c2cccnc21)N1CCOCC1. The highest BCUT2D eigenvalue weighted by molar-refractivity contribution is 5.77. The molecular formula is C17H18N4O3. The van der Waals surface area contributed by atoms with Crippen LogP contribution in [0.3, 0.4) is 0 Å². The monoisotopic (exact) mass is 326 g/mol. The van der Waals surface area contributed by atoms with E-state index in [0.717, 1.165) is 5.52 Å². The Labute approximate surface area is 138 Å². The molecule has 7 nitrogen and oxygen atoms in total. The number of carbonyl (C=O) groups is 1. The van der Waals surface area contributed by atoms with Gasteiger partial charge in [-0.25, -0.2) is 4.98 Å². The number of aryl methyl sites for hydroxylation is 1. The second-order valence-electron chi connectivity index (χ2n) is 5.81. The zero-order valence-electron chi connectivity index (χ0n) is 13.2. The van der Waals surface area contributed by atoms with Crippen LogP contribution in [0.25, 0.3) is 16.7 Å². The van der Waals surface area contributed by atoms with Crippen LogP contribution in [0.15, 0.2) is 41.5 Å². The van der Waals surface area contributed by atoms with Gasteiger partial charge in [-0.1, -0.05) is 0 Å². The van der Waals surface area contributed by atoms with Gasteiger partial charge in [0.25, 0.3) is 5.56 Å². The van der Waals surface area contributed by atoms with E-state index in [0.29, 0.717) is 44.0 Å². The van der Waals surface area contributed by atoms with Crippen molar-refractivity contribution in [3.63, 3.8) is 0 Å². The van der Waals surface area contributed by atoms with Crippen LogP contribution in [0.5, 0.6) is 0 Å². The Kier molecular flexibility index (Phi) is 3.78. The van der Waals surface area contributed by atoms with Gasteiger partial charge < -0.3 is 14.0 Å². The fraction of sp³-hybridized carbons (Fsp3) is 0.353. The molecule has 0 saturated carbocycles. The molecule has 1 aliphatic heterocycles. The van der Waals surface area contributed by atoms with Crippen molar-refractivity contribution in [3.05, 3.63) is 47.0 Å². The van der Waals surface area contributed by atoms with Crippen molar-refractivity contribution >= 4 is 22.6 Å². The average Bonchev–Trinajstić information content (AvgIpc) is 3.12. The minimum absolute atomic E-state index is 0.0459. The molecule has 4 heterocycles. The van der Waals surface area contributed by atoms with Crippen molar-refractivity contribution in [1.29, 1.82) is 0 Å². The minimum atomic E-state index is -0.124. The molecule has 1 saturated heterocycles. The zero-order valence-corrected chi connectivity index (χ0v) is 13.2. The van der Waals surface area contributed by atoms with Gasteiger partial charge in [-0.05, 0) is 24.3 Å². The maximum absolute atomic E-state index is 12.7. The number of rotatable bonds is 3. The van der Waals surface area contributed by atoms with Gasteiger partial charge in [-0.3, -0.25) is 14.2 Å². The van der Waals surface area contributed by atoms with E-state index in [2.05, 4.69) is 4.98 Å². The Bertz CT molecular complexity index is 953. The fourth-order valence-electron chi connectivity index (χ4n) is 3.17. The fourth-order valence-corrected chi connectivity index (χ4v) is 3.17. The Morgan fingerprint density at radius 2 is 1.96 bits per heavy atom. The molecule has 0 bridgehead atoms.